The highest BCUT2D eigenvalue weighted by Crippen LogP contribution is 2.18. The lowest BCUT2D eigenvalue weighted by Gasteiger charge is -2.10. The van der Waals surface area contributed by atoms with Crippen molar-refractivity contribution in [3.8, 4) is 11.2 Å². The van der Waals surface area contributed by atoms with E-state index in [1.807, 2.05) is 0 Å². The summed E-state index contributed by atoms with van der Waals surface area (Å²) in [6.45, 7) is 5.29. The Morgan fingerprint density at radius 2 is 2.29 bits per heavy atom. The fourth-order valence-electron chi connectivity index (χ4n) is 1.64. The van der Waals surface area contributed by atoms with E-state index in [0.717, 1.165) is 26.1 Å². The Labute approximate surface area is 89.8 Å². The summed E-state index contributed by atoms with van der Waals surface area (Å²) >= 11 is 0. The average molecular weight is 236 g/mol. The molecule has 0 aromatic heterocycles. The van der Waals surface area contributed by atoms with E-state index in [-0.39, 0.29) is 0 Å². The number of nitrogens with zero attached hydrogens (tertiary/aromatic N) is 1. The summed E-state index contributed by atoms with van der Waals surface area (Å²) < 4.78 is 21.0. The van der Waals surface area contributed by atoms with E-state index in [2.05, 4.69) is 23.0 Å². The van der Waals surface area contributed by atoms with E-state index in [1.54, 1.807) is 0 Å². The normalized spacial score (nSPS) is 23.1. The van der Waals surface area contributed by atoms with Crippen LogP contribution in [0.4, 0.5) is 0 Å². The maximum Gasteiger partial charge on any atom is 0.300 e. The molecule has 0 saturated carbocycles. The second-order valence-corrected chi connectivity index (χ2v) is 5.77. The van der Waals surface area contributed by atoms with Gasteiger partial charge in [0.2, 0.25) is 0 Å². The van der Waals surface area contributed by atoms with Crippen molar-refractivity contribution in [2.24, 2.45) is 5.92 Å². The van der Waals surface area contributed by atoms with Crippen LogP contribution in [-0.2, 0) is 9.05 Å². The predicted octanol–water partition coefficient (Wildman–Crippen LogP) is 1.25. The van der Waals surface area contributed by atoms with Gasteiger partial charge in [-0.15, -0.1) is 0 Å². The van der Waals surface area contributed by atoms with Crippen molar-refractivity contribution in [1.82, 2.24) is 4.90 Å². The molecular formula is C9H14ClNO2S. The van der Waals surface area contributed by atoms with Gasteiger partial charge >= 0.3 is 9.05 Å². The van der Waals surface area contributed by atoms with Crippen molar-refractivity contribution in [2.75, 3.05) is 19.6 Å². The monoisotopic (exact) mass is 235 g/mol. The first kappa shape index (κ1) is 11.8. The van der Waals surface area contributed by atoms with Crippen LogP contribution in [-0.4, -0.2) is 33.0 Å². The van der Waals surface area contributed by atoms with E-state index >= 15 is 0 Å². The predicted molar refractivity (Wildman–Crippen MR) is 57.4 cm³/mol. The molecule has 0 spiro atoms. The summed E-state index contributed by atoms with van der Waals surface area (Å²) in [5, 5.41) is 2.05. The summed E-state index contributed by atoms with van der Waals surface area (Å²) in [5.74, 6) is 3.12. The maximum atomic E-state index is 10.5. The number of rotatable bonds is 2. The molecule has 1 fully saturated rings. The van der Waals surface area contributed by atoms with Gasteiger partial charge in [-0.25, -0.2) is 0 Å². The molecule has 1 saturated heterocycles. The highest BCUT2D eigenvalue weighted by Gasteiger charge is 2.19. The molecular weight excluding hydrogens is 222 g/mol. The summed E-state index contributed by atoms with van der Waals surface area (Å²) in [5.41, 5.74) is 0. The van der Waals surface area contributed by atoms with Gasteiger partial charge in [0.15, 0.2) is 0 Å². The fraction of sp³-hybridized carbons (Fsp3) is 0.778. The lowest BCUT2D eigenvalue weighted by atomic mass is 10.1. The molecule has 1 aliphatic heterocycles. The molecule has 0 amide bonds. The van der Waals surface area contributed by atoms with Gasteiger partial charge in [-0.05, 0) is 25.4 Å². The lowest BCUT2D eigenvalue weighted by Crippen LogP contribution is -2.19. The van der Waals surface area contributed by atoms with E-state index < -0.39 is 9.05 Å². The van der Waals surface area contributed by atoms with Gasteiger partial charge in [0, 0.05) is 28.9 Å². The molecule has 1 unspecified atom stereocenters. The Bertz CT molecular complexity index is 342. The van der Waals surface area contributed by atoms with Crippen LogP contribution in [0.1, 0.15) is 19.8 Å². The molecule has 0 aromatic carbocycles. The third kappa shape index (κ3) is 4.32. The van der Waals surface area contributed by atoms with Gasteiger partial charge in [-0.3, -0.25) is 0 Å². The van der Waals surface area contributed by atoms with Crippen LogP contribution in [0, 0.1) is 17.1 Å². The van der Waals surface area contributed by atoms with Crippen molar-refractivity contribution in [2.45, 2.75) is 19.8 Å². The molecule has 1 rings (SSSR count). The van der Waals surface area contributed by atoms with Gasteiger partial charge in [-0.1, -0.05) is 12.8 Å². The van der Waals surface area contributed by atoms with Crippen molar-refractivity contribution in [1.29, 1.82) is 0 Å². The van der Waals surface area contributed by atoms with E-state index in [1.165, 1.54) is 0 Å². The van der Waals surface area contributed by atoms with Crippen LogP contribution in [0.3, 0.4) is 0 Å². The molecule has 0 radical (unpaired) electrons. The molecule has 0 bridgehead atoms. The van der Waals surface area contributed by atoms with Gasteiger partial charge in [0.05, 0.1) is 0 Å². The Kier molecular flexibility index (Phi) is 4.24. The number of hydrogen-bond donors (Lipinski definition) is 0. The fourth-order valence-corrected chi connectivity index (χ4v) is 2.06. The lowest BCUT2D eigenvalue weighted by molar-refractivity contribution is 0.343. The summed E-state index contributed by atoms with van der Waals surface area (Å²) in [7, 11) is 1.33. The minimum atomic E-state index is -3.64. The second-order valence-electron chi connectivity index (χ2n) is 3.47. The van der Waals surface area contributed by atoms with Crippen LogP contribution in [0.25, 0.3) is 0 Å². The van der Waals surface area contributed by atoms with Crippen LogP contribution >= 0.6 is 10.7 Å². The largest absolute Gasteiger partial charge is 0.303 e. The van der Waals surface area contributed by atoms with Gasteiger partial charge in [-0.2, -0.15) is 8.42 Å². The van der Waals surface area contributed by atoms with Crippen molar-refractivity contribution in [3.05, 3.63) is 0 Å². The quantitative estimate of drug-likeness (QED) is 0.534. The first-order valence-electron chi connectivity index (χ1n) is 4.68. The zero-order valence-corrected chi connectivity index (χ0v) is 9.74. The summed E-state index contributed by atoms with van der Waals surface area (Å²) in [4.78, 5) is 2.33. The minimum Gasteiger partial charge on any atom is -0.303 e. The van der Waals surface area contributed by atoms with Crippen LogP contribution in [0.2, 0.25) is 0 Å². The van der Waals surface area contributed by atoms with Crippen LogP contribution in [0.15, 0.2) is 0 Å². The average Bonchev–Trinajstić information content (AvgIpc) is 2.50. The zero-order chi connectivity index (χ0) is 10.6. The molecule has 0 aliphatic carbocycles. The third-order valence-corrected chi connectivity index (χ3v) is 3.02. The molecule has 1 aliphatic rings. The van der Waals surface area contributed by atoms with Crippen LogP contribution < -0.4 is 0 Å². The molecule has 1 atom stereocenters. The Hall–Kier alpha value is -0.240. The first-order valence-corrected chi connectivity index (χ1v) is 6.99. The highest BCUT2D eigenvalue weighted by atomic mass is 35.7. The van der Waals surface area contributed by atoms with Crippen molar-refractivity contribution < 1.29 is 8.42 Å². The van der Waals surface area contributed by atoms with E-state index in [4.69, 9.17) is 10.7 Å². The SMILES string of the molecule is CCN1CCC(CC#CS(=O)(=O)Cl)C1. The van der Waals surface area contributed by atoms with Crippen LogP contribution in [0.5, 0.6) is 0 Å². The first-order chi connectivity index (χ1) is 6.51. The van der Waals surface area contributed by atoms with E-state index in [9.17, 15) is 8.42 Å². The third-order valence-electron chi connectivity index (χ3n) is 2.40. The zero-order valence-electron chi connectivity index (χ0n) is 8.16. The topological polar surface area (TPSA) is 37.4 Å². The number of likely N-dealkylation sites (tertiary alicyclic amines) is 1. The Balaban J connectivity index is 2.36. The molecule has 1 heterocycles. The molecule has 5 heteroatoms. The molecule has 14 heavy (non-hydrogen) atoms. The number of halogens is 1. The smallest absolute Gasteiger partial charge is 0.300 e. The minimum absolute atomic E-state index is 0.501. The molecule has 80 valence electrons. The Morgan fingerprint density at radius 1 is 1.57 bits per heavy atom. The maximum absolute atomic E-state index is 10.5. The second kappa shape index (κ2) is 5.01. The summed E-state index contributed by atoms with van der Waals surface area (Å²) in [6.07, 6.45) is 1.73. The van der Waals surface area contributed by atoms with Gasteiger partial charge in [0.25, 0.3) is 0 Å². The highest BCUT2D eigenvalue weighted by molar-refractivity contribution is 8.17. The molecule has 0 N–H and O–H groups in total. The summed E-state index contributed by atoms with van der Waals surface area (Å²) in [6, 6.07) is 0. The Morgan fingerprint density at radius 3 is 2.79 bits per heavy atom. The number of hydrogen-bond acceptors (Lipinski definition) is 3. The van der Waals surface area contributed by atoms with Gasteiger partial charge in [0.1, 0.15) is 0 Å². The van der Waals surface area contributed by atoms with Crippen molar-refractivity contribution >= 4 is 19.7 Å². The standard InChI is InChI=1S/C9H14ClNO2S/c1-2-11-6-5-9(8-11)4-3-7-14(10,12)13/h9H,2,4-6,8H2,1H3. The molecule has 0 aromatic rings. The van der Waals surface area contributed by atoms with E-state index in [0.29, 0.717) is 12.3 Å². The van der Waals surface area contributed by atoms with Gasteiger partial charge < -0.3 is 4.90 Å². The van der Waals surface area contributed by atoms with Crippen molar-refractivity contribution in [3.63, 3.8) is 0 Å². The molecule has 3 nitrogen and oxygen atoms in total.